The topological polar surface area (TPSA) is 90.9 Å². The Balaban J connectivity index is 1.70. The number of hydrogen-bond acceptors (Lipinski definition) is 5. The molecule has 1 aromatic rings. The summed E-state index contributed by atoms with van der Waals surface area (Å²) in [6.07, 6.45) is 3.49. The van der Waals surface area contributed by atoms with Crippen LogP contribution >= 0.6 is 0 Å². The third-order valence-electron chi connectivity index (χ3n) is 7.27. The van der Waals surface area contributed by atoms with Gasteiger partial charge >= 0.3 is 0 Å². The van der Waals surface area contributed by atoms with Gasteiger partial charge in [-0.25, -0.2) is 8.78 Å². The Bertz CT molecular complexity index is 866. The number of hydrogen-bond donors (Lipinski definition) is 3. The molecule has 7 nitrogen and oxygen atoms in total. The molecule has 1 aromatic carbocycles. The van der Waals surface area contributed by atoms with Gasteiger partial charge in [-0.15, -0.1) is 0 Å². The summed E-state index contributed by atoms with van der Waals surface area (Å²) < 4.78 is 33.6. The van der Waals surface area contributed by atoms with Gasteiger partial charge in [0.25, 0.3) is 0 Å². The molecule has 2 amide bonds. The van der Waals surface area contributed by atoms with Crippen molar-refractivity contribution in [2.45, 2.75) is 96.1 Å². The van der Waals surface area contributed by atoms with Crippen LogP contribution in [0.15, 0.2) is 18.2 Å². The summed E-state index contributed by atoms with van der Waals surface area (Å²) in [7, 11) is 0. The summed E-state index contributed by atoms with van der Waals surface area (Å²) in [5, 5.41) is 17.4. The molecule has 9 heteroatoms. The molecule has 3 N–H and O–H groups in total. The number of nitrogens with one attached hydrogen (secondary N) is 2. The molecule has 2 aliphatic heterocycles. The monoisotopic (exact) mass is 509 g/mol. The minimum Gasteiger partial charge on any atom is -0.389 e. The zero-order valence-corrected chi connectivity index (χ0v) is 21.6. The predicted octanol–water partition coefficient (Wildman–Crippen LogP) is 2.94. The lowest BCUT2D eigenvalue weighted by Crippen LogP contribution is -2.53. The van der Waals surface area contributed by atoms with Crippen LogP contribution in [-0.4, -0.2) is 71.9 Å². The van der Waals surface area contributed by atoms with Crippen LogP contribution in [0, 0.1) is 17.6 Å². The number of halogens is 2. The van der Waals surface area contributed by atoms with Gasteiger partial charge in [0.2, 0.25) is 11.8 Å². The van der Waals surface area contributed by atoms with Gasteiger partial charge in [0, 0.05) is 44.3 Å². The highest BCUT2D eigenvalue weighted by Gasteiger charge is 2.39. The molecule has 202 valence electrons. The number of likely N-dealkylation sites (tertiary alicyclic amines) is 1. The first-order valence-electron chi connectivity index (χ1n) is 13.3. The van der Waals surface area contributed by atoms with E-state index in [1.165, 1.54) is 12.1 Å². The molecule has 0 aromatic heterocycles. The molecule has 0 bridgehead atoms. The first kappa shape index (κ1) is 28.5. The lowest BCUT2D eigenvalue weighted by molar-refractivity contribution is -0.130. The van der Waals surface area contributed by atoms with Crippen LogP contribution in [0.3, 0.4) is 0 Å². The summed E-state index contributed by atoms with van der Waals surface area (Å²) in [6.45, 7) is 7.70. The van der Waals surface area contributed by atoms with E-state index >= 15 is 0 Å². The van der Waals surface area contributed by atoms with E-state index in [1.54, 1.807) is 4.90 Å². The van der Waals surface area contributed by atoms with E-state index in [1.807, 2.05) is 6.92 Å². The van der Waals surface area contributed by atoms with Crippen molar-refractivity contribution >= 4 is 11.8 Å². The van der Waals surface area contributed by atoms with E-state index in [2.05, 4.69) is 24.5 Å². The minimum absolute atomic E-state index is 0.0415. The van der Waals surface area contributed by atoms with Gasteiger partial charge in [0.1, 0.15) is 11.6 Å². The summed E-state index contributed by atoms with van der Waals surface area (Å²) >= 11 is 0. The maximum atomic E-state index is 13.9. The first-order chi connectivity index (χ1) is 17.2. The highest BCUT2D eigenvalue weighted by Crippen LogP contribution is 2.24. The van der Waals surface area contributed by atoms with E-state index in [0.29, 0.717) is 31.7 Å². The number of amides is 2. The number of carbonyl (C=O) groups excluding carboxylic acids is 2. The van der Waals surface area contributed by atoms with Crippen molar-refractivity contribution in [1.82, 2.24) is 15.5 Å². The molecule has 2 fully saturated rings. The average Bonchev–Trinajstić information content (AvgIpc) is 3.45. The number of carbonyl (C=O) groups is 2. The zero-order valence-electron chi connectivity index (χ0n) is 21.6. The van der Waals surface area contributed by atoms with Gasteiger partial charge in [0.15, 0.2) is 0 Å². The molecule has 0 saturated carbocycles. The summed E-state index contributed by atoms with van der Waals surface area (Å²) in [5.74, 6) is -2.34. The van der Waals surface area contributed by atoms with Crippen LogP contribution in [0.5, 0.6) is 0 Å². The fourth-order valence-corrected chi connectivity index (χ4v) is 5.24. The molecular weight excluding hydrogens is 468 g/mol. The second kappa shape index (κ2) is 13.4. The van der Waals surface area contributed by atoms with Crippen molar-refractivity contribution in [2.24, 2.45) is 5.92 Å². The maximum absolute atomic E-state index is 13.9. The Kier molecular flexibility index (Phi) is 10.6. The summed E-state index contributed by atoms with van der Waals surface area (Å²) in [5.41, 5.74) is 0.339. The van der Waals surface area contributed by atoms with Crippen LogP contribution in [0.4, 0.5) is 8.78 Å². The molecule has 6 atom stereocenters. The Morgan fingerprint density at radius 1 is 1.25 bits per heavy atom. The molecular formula is C27H41F2N3O4. The smallest absolute Gasteiger partial charge is 0.225 e. The largest absolute Gasteiger partial charge is 0.389 e. The number of unbranched alkanes of at least 4 members (excludes halogenated alkanes) is 1. The second-order valence-electron chi connectivity index (χ2n) is 10.3. The zero-order chi connectivity index (χ0) is 26.2. The van der Waals surface area contributed by atoms with Gasteiger partial charge in [-0.3, -0.25) is 9.59 Å². The van der Waals surface area contributed by atoms with E-state index in [4.69, 9.17) is 4.74 Å². The fraction of sp³-hybridized carbons (Fsp3) is 0.704. The van der Waals surface area contributed by atoms with Crippen molar-refractivity contribution in [1.29, 1.82) is 0 Å². The first-order valence-corrected chi connectivity index (χ1v) is 13.3. The molecule has 2 unspecified atom stereocenters. The van der Waals surface area contributed by atoms with Crippen molar-refractivity contribution in [3.8, 4) is 0 Å². The molecule has 0 spiro atoms. The summed E-state index contributed by atoms with van der Waals surface area (Å²) in [6, 6.07) is 2.14. The van der Waals surface area contributed by atoms with Gasteiger partial charge in [0.05, 0.1) is 24.2 Å². The van der Waals surface area contributed by atoms with E-state index in [9.17, 15) is 23.5 Å². The van der Waals surface area contributed by atoms with Gasteiger partial charge in [-0.2, -0.15) is 0 Å². The number of benzene rings is 1. The third-order valence-corrected chi connectivity index (χ3v) is 7.27. The van der Waals surface area contributed by atoms with Crippen molar-refractivity contribution < 1.29 is 28.2 Å². The van der Waals surface area contributed by atoms with E-state index in [0.717, 1.165) is 31.7 Å². The van der Waals surface area contributed by atoms with E-state index in [-0.39, 0.29) is 42.8 Å². The Labute approximate surface area is 213 Å². The average molecular weight is 510 g/mol. The fourth-order valence-electron chi connectivity index (χ4n) is 5.24. The lowest BCUT2D eigenvalue weighted by Gasteiger charge is -2.30. The minimum atomic E-state index is -1.01. The number of nitrogens with zero attached hydrogens (tertiary/aromatic N) is 1. The second-order valence-corrected chi connectivity index (χ2v) is 10.3. The molecule has 2 aliphatic rings. The molecule has 2 heterocycles. The van der Waals surface area contributed by atoms with Crippen LogP contribution in [-0.2, 0) is 20.7 Å². The van der Waals surface area contributed by atoms with Crippen LogP contribution in [0.1, 0.15) is 64.9 Å². The Hall–Kier alpha value is -2.10. The lowest BCUT2D eigenvalue weighted by atomic mass is 9.94. The molecule has 2 saturated heterocycles. The molecule has 3 rings (SSSR count). The van der Waals surface area contributed by atoms with Gasteiger partial charge < -0.3 is 25.4 Å². The number of aliphatic hydroxyl groups is 1. The van der Waals surface area contributed by atoms with Crippen molar-refractivity contribution in [2.75, 3.05) is 19.7 Å². The van der Waals surface area contributed by atoms with Crippen molar-refractivity contribution in [3.05, 3.63) is 35.4 Å². The third kappa shape index (κ3) is 7.70. The van der Waals surface area contributed by atoms with Gasteiger partial charge in [-0.05, 0) is 50.3 Å². The summed E-state index contributed by atoms with van der Waals surface area (Å²) in [4.78, 5) is 27.5. The number of ether oxygens (including phenoxy) is 1. The highest BCUT2D eigenvalue weighted by molar-refractivity contribution is 5.89. The Morgan fingerprint density at radius 2 is 1.97 bits per heavy atom. The number of aliphatic hydroxyl groups excluding tert-OH is 1. The van der Waals surface area contributed by atoms with Crippen molar-refractivity contribution in [3.63, 3.8) is 0 Å². The Morgan fingerprint density at radius 3 is 2.64 bits per heavy atom. The van der Waals surface area contributed by atoms with E-state index < -0.39 is 29.7 Å². The van der Waals surface area contributed by atoms with Crippen LogP contribution in [0.25, 0.3) is 0 Å². The van der Waals surface area contributed by atoms with Crippen LogP contribution < -0.4 is 10.6 Å². The molecule has 0 radical (unpaired) electrons. The predicted molar refractivity (Wildman–Crippen MR) is 133 cm³/mol. The maximum Gasteiger partial charge on any atom is 0.225 e. The SMILES string of the molecule is CCCCO[C@H]1CN[C@@H]([C@@H](O)[C@H](Cc2cc(F)cc(F)c2)NC(=O)C2CC(=O)N(C(C)CCC)C2)C1. The quantitative estimate of drug-likeness (QED) is 0.356. The highest BCUT2D eigenvalue weighted by atomic mass is 19.1. The standard InChI is InChI=1S/C27H41F2N3O4/c1-4-6-8-36-22-14-23(30-15-22)26(34)24(11-18-9-20(28)13-21(29)10-18)31-27(35)19-12-25(33)32(16-19)17(3)7-5-2/h9-10,13,17,19,22-24,26,30,34H,4-8,11-12,14-16H2,1-3H3,(H,31,35)/t17?,19?,22-,23-,24+,26-/m1/s1. The van der Waals surface area contributed by atoms with Crippen LogP contribution in [0.2, 0.25) is 0 Å². The molecule has 36 heavy (non-hydrogen) atoms. The number of rotatable bonds is 13. The normalized spacial score (nSPS) is 24.7. The van der Waals surface area contributed by atoms with Gasteiger partial charge in [-0.1, -0.05) is 26.7 Å². The molecule has 0 aliphatic carbocycles.